The van der Waals surface area contributed by atoms with Gasteiger partial charge < -0.3 is 5.32 Å². The van der Waals surface area contributed by atoms with Crippen molar-refractivity contribution in [1.29, 1.82) is 0 Å². The molecule has 1 atom stereocenters. The SMILES string of the molecule is O=C1CNC(C(=O)Nc2nccnn2)CN1. The zero-order chi connectivity index (χ0) is 11.4. The third-order valence-corrected chi connectivity index (χ3v) is 2.05. The van der Waals surface area contributed by atoms with Gasteiger partial charge in [0.25, 0.3) is 0 Å². The fourth-order valence-electron chi connectivity index (χ4n) is 1.25. The van der Waals surface area contributed by atoms with Crippen molar-refractivity contribution in [2.75, 3.05) is 18.4 Å². The van der Waals surface area contributed by atoms with E-state index in [9.17, 15) is 9.59 Å². The van der Waals surface area contributed by atoms with E-state index in [2.05, 4.69) is 31.1 Å². The van der Waals surface area contributed by atoms with E-state index in [0.717, 1.165) is 0 Å². The maximum absolute atomic E-state index is 11.6. The molecule has 2 amide bonds. The second-order valence-electron chi connectivity index (χ2n) is 3.19. The molecule has 1 aromatic rings. The number of carbonyl (C=O) groups excluding carboxylic acids is 2. The molecule has 1 saturated heterocycles. The van der Waals surface area contributed by atoms with Crippen molar-refractivity contribution in [2.45, 2.75) is 6.04 Å². The molecule has 0 bridgehead atoms. The van der Waals surface area contributed by atoms with Gasteiger partial charge >= 0.3 is 0 Å². The van der Waals surface area contributed by atoms with Gasteiger partial charge in [0.15, 0.2) is 0 Å². The highest BCUT2D eigenvalue weighted by molar-refractivity contribution is 5.95. The smallest absolute Gasteiger partial charge is 0.249 e. The Balaban J connectivity index is 1.91. The fourth-order valence-corrected chi connectivity index (χ4v) is 1.25. The van der Waals surface area contributed by atoms with Crippen LogP contribution in [0.4, 0.5) is 5.95 Å². The molecule has 1 aromatic heterocycles. The van der Waals surface area contributed by atoms with E-state index in [1.807, 2.05) is 0 Å². The number of piperazine rings is 1. The zero-order valence-electron chi connectivity index (χ0n) is 8.30. The number of rotatable bonds is 2. The van der Waals surface area contributed by atoms with Gasteiger partial charge in [-0.2, -0.15) is 5.10 Å². The molecule has 0 spiro atoms. The predicted octanol–water partition coefficient (Wildman–Crippen LogP) is -2.10. The quantitative estimate of drug-likeness (QED) is 0.529. The molecule has 0 aliphatic carbocycles. The van der Waals surface area contributed by atoms with Gasteiger partial charge in [0.1, 0.15) is 6.04 Å². The molecule has 1 aliphatic rings. The Morgan fingerprint density at radius 3 is 3.00 bits per heavy atom. The summed E-state index contributed by atoms with van der Waals surface area (Å²) < 4.78 is 0. The summed E-state index contributed by atoms with van der Waals surface area (Å²) in [6.07, 6.45) is 2.84. The molecule has 0 radical (unpaired) electrons. The van der Waals surface area contributed by atoms with Gasteiger partial charge in [-0.05, 0) is 0 Å². The third kappa shape index (κ3) is 2.48. The topological polar surface area (TPSA) is 109 Å². The number of anilines is 1. The molecule has 16 heavy (non-hydrogen) atoms. The molecule has 0 aromatic carbocycles. The van der Waals surface area contributed by atoms with E-state index in [1.165, 1.54) is 12.4 Å². The van der Waals surface area contributed by atoms with Crippen LogP contribution in [0.5, 0.6) is 0 Å². The Morgan fingerprint density at radius 1 is 1.50 bits per heavy atom. The first-order valence-electron chi connectivity index (χ1n) is 4.70. The van der Waals surface area contributed by atoms with E-state index < -0.39 is 6.04 Å². The predicted molar refractivity (Wildman–Crippen MR) is 53.3 cm³/mol. The van der Waals surface area contributed by atoms with Crippen molar-refractivity contribution in [3.8, 4) is 0 Å². The first kappa shape index (κ1) is 10.4. The molecule has 0 saturated carbocycles. The molecular weight excluding hydrogens is 212 g/mol. The van der Waals surface area contributed by atoms with Crippen LogP contribution >= 0.6 is 0 Å². The van der Waals surface area contributed by atoms with Gasteiger partial charge in [-0.15, -0.1) is 5.10 Å². The lowest BCUT2D eigenvalue weighted by Crippen LogP contribution is -2.56. The number of hydrogen-bond acceptors (Lipinski definition) is 6. The molecule has 2 rings (SSSR count). The number of hydrogen-bond donors (Lipinski definition) is 3. The summed E-state index contributed by atoms with van der Waals surface area (Å²) in [5, 5.41) is 15.1. The van der Waals surface area contributed by atoms with Crippen molar-refractivity contribution in [3.05, 3.63) is 12.4 Å². The molecule has 8 nitrogen and oxygen atoms in total. The Labute approximate surface area is 90.9 Å². The van der Waals surface area contributed by atoms with E-state index in [4.69, 9.17) is 0 Å². The Bertz CT molecular complexity index is 385. The van der Waals surface area contributed by atoms with Crippen molar-refractivity contribution in [2.24, 2.45) is 0 Å². The van der Waals surface area contributed by atoms with Crippen LogP contribution in [0.1, 0.15) is 0 Å². The minimum Gasteiger partial charge on any atom is -0.353 e. The molecule has 1 unspecified atom stereocenters. The zero-order valence-corrected chi connectivity index (χ0v) is 8.30. The van der Waals surface area contributed by atoms with Crippen molar-refractivity contribution >= 4 is 17.8 Å². The van der Waals surface area contributed by atoms with Gasteiger partial charge in [0, 0.05) is 6.54 Å². The van der Waals surface area contributed by atoms with Crippen LogP contribution in [-0.4, -0.2) is 46.1 Å². The third-order valence-electron chi connectivity index (χ3n) is 2.05. The van der Waals surface area contributed by atoms with Gasteiger partial charge in [0.05, 0.1) is 18.9 Å². The molecule has 84 valence electrons. The number of amides is 2. The summed E-state index contributed by atoms with van der Waals surface area (Å²) in [6.45, 7) is 0.386. The molecule has 8 heteroatoms. The van der Waals surface area contributed by atoms with Crippen LogP contribution in [0.2, 0.25) is 0 Å². The highest BCUT2D eigenvalue weighted by Crippen LogP contribution is 1.96. The van der Waals surface area contributed by atoms with Crippen molar-refractivity contribution in [1.82, 2.24) is 25.8 Å². The lowest BCUT2D eigenvalue weighted by Gasteiger charge is -2.22. The summed E-state index contributed by atoms with van der Waals surface area (Å²) in [6, 6.07) is -0.471. The van der Waals surface area contributed by atoms with Crippen molar-refractivity contribution < 1.29 is 9.59 Å². The second kappa shape index (κ2) is 4.62. The lowest BCUT2D eigenvalue weighted by atomic mass is 10.2. The number of nitrogens with zero attached hydrogens (tertiary/aromatic N) is 3. The van der Waals surface area contributed by atoms with Crippen LogP contribution in [0.25, 0.3) is 0 Å². The lowest BCUT2D eigenvalue weighted by molar-refractivity contribution is -0.124. The van der Waals surface area contributed by atoms with E-state index in [0.29, 0.717) is 0 Å². The maximum Gasteiger partial charge on any atom is 0.249 e. The molecular formula is C8H10N6O2. The minimum atomic E-state index is -0.471. The van der Waals surface area contributed by atoms with Gasteiger partial charge in [-0.3, -0.25) is 20.2 Å². The second-order valence-corrected chi connectivity index (χ2v) is 3.19. The Hall–Kier alpha value is -2.09. The largest absolute Gasteiger partial charge is 0.353 e. The standard InChI is InChI=1S/C8H10N6O2/c15-6-4-10-5(3-11-6)7(16)13-8-9-1-2-12-14-8/h1-2,5,10H,3-4H2,(H,11,15)(H,9,13,14,16). The van der Waals surface area contributed by atoms with Crippen LogP contribution in [0, 0.1) is 0 Å². The fraction of sp³-hybridized carbons (Fsp3) is 0.375. The first-order valence-corrected chi connectivity index (χ1v) is 4.70. The monoisotopic (exact) mass is 222 g/mol. The molecule has 2 heterocycles. The van der Waals surface area contributed by atoms with Gasteiger partial charge in [0.2, 0.25) is 17.8 Å². The molecule has 1 aliphatic heterocycles. The maximum atomic E-state index is 11.6. The summed E-state index contributed by atoms with van der Waals surface area (Å²) >= 11 is 0. The van der Waals surface area contributed by atoms with Gasteiger partial charge in [-0.25, -0.2) is 4.98 Å². The number of nitrogens with one attached hydrogen (secondary N) is 3. The summed E-state index contributed by atoms with van der Waals surface area (Å²) in [7, 11) is 0. The summed E-state index contributed by atoms with van der Waals surface area (Å²) in [5.74, 6) is -0.277. The normalized spacial score (nSPS) is 20.0. The van der Waals surface area contributed by atoms with Crippen LogP contribution in [0.3, 0.4) is 0 Å². The molecule has 3 N–H and O–H groups in total. The van der Waals surface area contributed by atoms with Crippen molar-refractivity contribution in [3.63, 3.8) is 0 Å². The first-order chi connectivity index (χ1) is 7.75. The van der Waals surface area contributed by atoms with E-state index in [1.54, 1.807) is 0 Å². The van der Waals surface area contributed by atoms with Gasteiger partial charge in [-0.1, -0.05) is 0 Å². The highest BCUT2D eigenvalue weighted by Gasteiger charge is 2.24. The Morgan fingerprint density at radius 2 is 2.38 bits per heavy atom. The summed E-state index contributed by atoms with van der Waals surface area (Å²) in [4.78, 5) is 26.3. The number of aromatic nitrogens is 3. The summed E-state index contributed by atoms with van der Waals surface area (Å²) in [5.41, 5.74) is 0. The van der Waals surface area contributed by atoms with E-state index >= 15 is 0 Å². The van der Waals surface area contributed by atoms with Crippen LogP contribution in [0.15, 0.2) is 12.4 Å². The van der Waals surface area contributed by atoms with Crippen LogP contribution in [-0.2, 0) is 9.59 Å². The average Bonchev–Trinajstić information content (AvgIpc) is 2.31. The van der Waals surface area contributed by atoms with E-state index in [-0.39, 0.29) is 30.9 Å². The molecule has 1 fully saturated rings. The number of carbonyl (C=O) groups is 2. The highest BCUT2D eigenvalue weighted by atomic mass is 16.2. The average molecular weight is 222 g/mol. The Kier molecular flexibility index (Phi) is 3.01. The minimum absolute atomic E-state index is 0.123. The van der Waals surface area contributed by atoms with Crippen LogP contribution < -0.4 is 16.0 Å².